The van der Waals surface area contributed by atoms with Gasteiger partial charge in [0.15, 0.2) is 0 Å². The second-order valence-electron chi connectivity index (χ2n) is 3.95. The van der Waals surface area contributed by atoms with Crippen molar-refractivity contribution < 1.29 is 0 Å². The molecular formula is C14H15. The maximum atomic E-state index is 3.36. The van der Waals surface area contributed by atoms with Crippen LogP contribution in [0.3, 0.4) is 0 Å². The van der Waals surface area contributed by atoms with Gasteiger partial charge in [-0.05, 0) is 49.5 Å². The van der Waals surface area contributed by atoms with Crippen LogP contribution in [0.25, 0.3) is 0 Å². The predicted molar refractivity (Wildman–Crippen MR) is 60.7 cm³/mol. The molecule has 0 amide bonds. The Bertz CT molecular complexity index is 380. The highest BCUT2D eigenvalue weighted by molar-refractivity contribution is 5.52. The molecule has 2 aliphatic rings. The van der Waals surface area contributed by atoms with Gasteiger partial charge >= 0.3 is 0 Å². The van der Waals surface area contributed by atoms with Crippen LogP contribution in [0.1, 0.15) is 26.7 Å². The van der Waals surface area contributed by atoms with E-state index >= 15 is 0 Å². The molecule has 0 unspecified atom stereocenters. The number of allylic oxidation sites excluding steroid dienone is 10. The maximum Gasteiger partial charge on any atom is -0.00170 e. The summed E-state index contributed by atoms with van der Waals surface area (Å²) in [4.78, 5) is 0. The number of hydrogen-bond acceptors (Lipinski definition) is 0. The molecule has 0 bridgehead atoms. The lowest BCUT2D eigenvalue weighted by Gasteiger charge is -2.06. The van der Waals surface area contributed by atoms with Crippen LogP contribution >= 0.6 is 0 Å². The van der Waals surface area contributed by atoms with E-state index in [0.29, 0.717) is 0 Å². The first kappa shape index (κ1) is 9.26. The van der Waals surface area contributed by atoms with Gasteiger partial charge in [0.05, 0.1) is 0 Å². The third kappa shape index (κ3) is 1.79. The third-order valence-corrected chi connectivity index (χ3v) is 2.59. The Labute approximate surface area is 86.0 Å². The maximum absolute atomic E-state index is 3.36. The average molecular weight is 183 g/mol. The zero-order valence-corrected chi connectivity index (χ0v) is 8.80. The van der Waals surface area contributed by atoms with Crippen molar-refractivity contribution in [1.29, 1.82) is 0 Å². The molecule has 0 nitrogen and oxygen atoms in total. The summed E-state index contributed by atoms with van der Waals surface area (Å²) >= 11 is 0. The second kappa shape index (κ2) is 3.83. The molecule has 2 aliphatic carbocycles. The smallest absolute Gasteiger partial charge is 0.00170 e. The van der Waals surface area contributed by atoms with Crippen molar-refractivity contribution >= 4 is 0 Å². The molecule has 0 saturated heterocycles. The Morgan fingerprint density at radius 3 is 2.86 bits per heavy atom. The van der Waals surface area contributed by atoms with Gasteiger partial charge in [0, 0.05) is 0 Å². The lowest BCUT2D eigenvalue weighted by Crippen LogP contribution is -1.88. The minimum Gasteiger partial charge on any atom is -0.0798 e. The van der Waals surface area contributed by atoms with Crippen molar-refractivity contribution in [3.8, 4) is 0 Å². The average Bonchev–Trinajstić information content (AvgIpc) is 2.75. The Morgan fingerprint density at radius 2 is 2.21 bits per heavy atom. The normalized spacial score (nSPS) is 18.9. The van der Waals surface area contributed by atoms with Crippen molar-refractivity contribution in [2.24, 2.45) is 0 Å². The molecule has 0 aliphatic heterocycles. The van der Waals surface area contributed by atoms with E-state index in [0.717, 1.165) is 12.8 Å². The van der Waals surface area contributed by atoms with E-state index < -0.39 is 0 Å². The SMILES string of the molecule is CC(C)=C1C=CC=C1CC1=[C]CC=C1. The summed E-state index contributed by atoms with van der Waals surface area (Å²) in [5.74, 6) is 0. The largest absolute Gasteiger partial charge is 0.0798 e. The molecule has 0 N–H and O–H groups in total. The molecule has 0 heteroatoms. The van der Waals surface area contributed by atoms with Gasteiger partial charge in [-0.2, -0.15) is 0 Å². The van der Waals surface area contributed by atoms with Crippen LogP contribution in [0, 0.1) is 6.08 Å². The van der Waals surface area contributed by atoms with Crippen LogP contribution in [-0.4, -0.2) is 0 Å². The Kier molecular flexibility index (Phi) is 2.53. The number of rotatable bonds is 2. The first-order chi connectivity index (χ1) is 6.77. The summed E-state index contributed by atoms with van der Waals surface area (Å²) < 4.78 is 0. The first-order valence-electron chi connectivity index (χ1n) is 5.08. The van der Waals surface area contributed by atoms with Crippen LogP contribution in [0.2, 0.25) is 0 Å². The molecule has 0 fully saturated rings. The quantitative estimate of drug-likeness (QED) is 0.609. The second-order valence-corrected chi connectivity index (χ2v) is 3.95. The lowest BCUT2D eigenvalue weighted by molar-refractivity contribution is 1.15. The van der Waals surface area contributed by atoms with E-state index in [2.05, 4.69) is 50.3 Å². The van der Waals surface area contributed by atoms with Crippen LogP contribution in [0.5, 0.6) is 0 Å². The van der Waals surface area contributed by atoms with E-state index in [-0.39, 0.29) is 0 Å². The van der Waals surface area contributed by atoms with E-state index in [1.54, 1.807) is 0 Å². The highest BCUT2D eigenvalue weighted by Crippen LogP contribution is 2.28. The van der Waals surface area contributed by atoms with Gasteiger partial charge in [-0.25, -0.2) is 0 Å². The molecule has 0 aromatic carbocycles. The molecule has 0 atom stereocenters. The summed E-state index contributed by atoms with van der Waals surface area (Å²) in [5.41, 5.74) is 5.56. The van der Waals surface area contributed by atoms with Crippen LogP contribution in [-0.2, 0) is 0 Å². The summed E-state index contributed by atoms with van der Waals surface area (Å²) in [5, 5.41) is 0. The van der Waals surface area contributed by atoms with Crippen molar-refractivity contribution in [3.05, 3.63) is 58.7 Å². The molecular weight excluding hydrogens is 168 g/mol. The van der Waals surface area contributed by atoms with Crippen LogP contribution < -0.4 is 0 Å². The fourth-order valence-electron chi connectivity index (χ4n) is 1.88. The predicted octanol–water partition coefficient (Wildman–Crippen LogP) is 3.90. The fraction of sp³-hybridized carbons (Fsp3) is 0.286. The zero-order valence-electron chi connectivity index (χ0n) is 8.80. The summed E-state index contributed by atoms with van der Waals surface area (Å²) in [6, 6.07) is 0. The Morgan fingerprint density at radius 1 is 1.36 bits per heavy atom. The molecule has 0 saturated carbocycles. The molecule has 1 radical (unpaired) electrons. The molecule has 0 aromatic rings. The first-order valence-corrected chi connectivity index (χ1v) is 5.08. The third-order valence-electron chi connectivity index (χ3n) is 2.59. The van der Waals surface area contributed by atoms with Gasteiger partial charge < -0.3 is 0 Å². The van der Waals surface area contributed by atoms with Crippen LogP contribution in [0.4, 0.5) is 0 Å². The zero-order chi connectivity index (χ0) is 9.97. The molecule has 0 aromatic heterocycles. The van der Waals surface area contributed by atoms with Gasteiger partial charge in [-0.1, -0.05) is 36.0 Å². The van der Waals surface area contributed by atoms with Gasteiger partial charge in [0.2, 0.25) is 0 Å². The lowest BCUT2D eigenvalue weighted by atomic mass is 9.98. The van der Waals surface area contributed by atoms with Gasteiger partial charge in [-0.3, -0.25) is 0 Å². The van der Waals surface area contributed by atoms with Crippen molar-refractivity contribution in [1.82, 2.24) is 0 Å². The molecule has 0 heterocycles. The highest BCUT2D eigenvalue weighted by Gasteiger charge is 2.10. The minimum atomic E-state index is 0.986. The summed E-state index contributed by atoms with van der Waals surface area (Å²) in [6.45, 7) is 4.34. The van der Waals surface area contributed by atoms with Gasteiger partial charge in [0.1, 0.15) is 0 Å². The molecule has 0 spiro atoms. The fourth-order valence-corrected chi connectivity index (χ4v) is 1.88. The van der Waals surface area contributed by atoms with Crippen molar-refractivity contribution in [2.45, 2.75) is 26.7 Å². The Balaban J connectivity index is 2.14. The molecule has 2 rings (SSSR count). The standard InChI is InChI=1S/C14H15/c1-11(2)14-9-5-8-13(14)10-12-6-3-4-7-12/h3,5-6,8-9H,4,10H2,1-2H3. The van der Waals surface area contributed by atoms with Crippen molar-refractivity contribution in [2.75, 3.05) is 0 Å². The Hall–Kier alpha value is -1.30. The topological polar surface area (TPSA) is 0 Å². The van der Waals surface area contributed by atoms with E-state index in [1.807, 2.05) is 0 Å². The monoisotopic (exact) mass is 183 g/mol. The van der Waals surface area contributed by atoms with Crippen molar-refractivity contribution in [3.63, 3.8) is 0 Å². The summed E-state index contributed by atoms with van der Waals surface area (Å²) in [6.07, 6.45) is 16.3. The minimum absolute atomic E-state index is 0.986. The van der Waals surface area contributed by atoms with E-state index in [9.17, 15) is 0 Å². The highest BCUT2D eigenvalue weighted by atomic mass is 14.1. The van der Waals surface area contributed by atoms with E-state index in [4.69, 9.17) is 0 Å². The van der Waals surface area contributed by atoms with Crippen LogP contribution in [0.15, 0.2) is 52.7 Å². The number of hydrogen-bond donors (Lipinski definition) is 0. The molecule has 14 heavy (non-hydrogen) atoms. The van der Waals surface area contributed by atoms with Gasteiger partial charge in [-0.15, -0.1) is 0 Å². The van der Waals surface area contributed by atoms with E-state index in [1.165, 1.54) is 22.3 Å². The molecule has 71 valence electrons. The van der Waals surface area contributed by atoms with Gasteiger partial charge in [0.25, 0.3) is 0 Å². The summed E-state index contributed by atoms with van der Waals surface area (Å²) in [7, 11) is 0.